The van der Waals surface area contributed by atoms with E-state index in [1.807, 2.05) is 13.0 Å². The van der Waals surface area contributed by atoms with Crippen molar-refractivity contribution in [3.63, 3.8) is 0 Å². The van der Waals surface area contributed by atoms with Crippen molar-refractivity contribution in [2.24, 2.45) is 0 Å². The Bertz CT molecular complexity index is 644. The molecule has 0 saturated carbocycles. The van der Waals surface area contributed by atoms with E-state index in [0.717, 1.165) is 32.6 Å². The first-order valence-corrected chi connectivity index (χ1v) is 9.11. The summed E-state index contributed by atoms with van der Waals surface area (Å²) in [5.41, 5.74) is 2.40. The summed E-state index contributed by atoms with van der Waals surface area (Å²) in [7, 11) is 1.65. The fourth-order valence-electron chi connectivity index (χ4n) is 2.32. The number of methoxy groups -OCH3 is 1. The first kappa shape index (κ1) is 18.3. The second-order valence-corrected chi connectivity index (χ2v) is 6.97. The summed E-state index contributed by atoms with van der Waals surface area (Å²) in [5, 5.41) is 3.54. The van der Waals surface area contributed by atoms with Crippen LogP contribution in [0.25, 0.3) is 0 Å². The van der Waals surface area contributed by atoms with E-state index in [4.69, 9.17) is 9.47 Å². The maximum atomic E-state index is 5.67. The molecule has 5 heteroatoms. The Morgan fingerprint density at radius 2 is 1.83 bits per heavy atom. The molecule has 0 heterocycles. The quantitative estimate of drug-likeness (QED) is 0.616. The highest BCUT2D eigenvalue weighted by Gasteiger charge is 2.12. The lowest BCUT2D eigenvalue weighted by Crippen LogP contribution is -2.18. The molecule has 0 bridgehead atoms. The van der Waals surface area contributed by atoms with Crippen LogP contribution >= 0.6 is 31.9 Å². The number of halogens is 2. The van der Waals surface area contributed by atoms with Crippen molar-refractivity contribution in [2.75, 3.05) is 13.7 Å². The Morgan fingerprint density at radius 3 is 2.43 bits per heavy atom. The summed E-state index contributed by atoms with van der Waals surface area (Å²) in [6.45, 7) is 5.48. The Labute approximate surface area is 154 Å². The highest BCUT2D eigenvalue weighted by molar-refractivity contribution is 9.10. The Balaban J connectivity index is 2.09. The Hall–Kier alpha value is -1.04. The van der Waals surface area contributed by atoms with Crippen LogP contribution in [0.3, 0.4) is 0 Å². The highest BCUT2D eigenvalue weighted by Crippen LogP contribution is 2.36. The van der Waals surface area contributed by atoms with Crippen molar-refractivity contribution in [2.45, 2.75) is 26.4 Å². The summed E-state index contributed by atoms with van der Waals surface area (Å²) in [4.78, 5) is 0. The lowest BCUT2D eigenvalue weighted by molar-refractivity contribution is 0.309. The van der Waals surface area contributed by atoms with Crippen LogP contribution in [-0.4, -0.2) is 13.7 Å². The normalized spacial score (nSPS) is 12.0. The number of hydrogen-bond donors (Lipinski definition) is 1. The molecule has 0 aromatic heterocycles. The van der Waals surface area contributed by atoms with Gasteiger partial charge in [-0.1, -0.05) is 28.1 Å². The Kier molecular flexibility index (Phi) is 6.93. The molecule has 0 aliphatic heterocycles. The lowest BCUT2D eigenvalue weighted by Gasteiger charge is -2.17. The third kappa shape index (κ3) is 4.96. The molecule has 0 saturated heterocycles. The maximum Gasteiger partial charge on any atom is 0.174 e. The molecule has 2 aromatic carbocycles. The third-order valence-corrected chi connectivity index (χ3v) is 4.67. The molecule has 0 aliphatic rings. The van der Waals surface area contributed by atoms with E-state index < -0.39 is 0 Å². The molecule has 0 spiro atoms. The second kappa shape index (κ2) is 8.71. The van der Waals surface area contributed by atoms with Crippen molar-refractivity contribution >= 4 is 31.9 Å². The molecule has 124 valence electrons. The number of benzene rings is 2. The first-order valence-electron chi connectivity index (χ1n) is 7.53. The molecule has 2 aromatic rings. The summed E-state index contributed by atoms with van der Waals surface area (Å²) in [6, 6.07) is 12.7. The van der Waals surface area contributed by atoms with Gasteiger partial charge in [-0.05, 0) is 65.2 Å². The lowest BCUT2D eigenvalue weighted by atomic mass is 10.1. The largest absolute Gasteiger partial charge is 0.492 e. The molecule has 3 nitrogen and oxygen atoms in total. The molecular formula is C18H21Br2NO2. The molecule has 0 radical (unpaired) electrons. The smallest absolute Gasteiger partial charge is 0.174 e. The summed E-state index contributed by atoms with van der Waals surface area (Å²) in [6.07, 6.45) is 0. The van der Waals surface area contributed by atoms with Gasteiger partial charge in [0, 0.05) is 17.1 Å². The number of hydrogen-bond acceptors (Lipinski definition) is 3. The summed E-state index contributed by atoms with van der Waals surface area (Å²) < 4.78 is 13.1. The zero-order chi connectivity index (χ0) is 16.8. The molecule has 0 fully saturated rings. The van der Waals surface area contributed by atoms with Gasteiger partial charge in [-0.25, -0.2) is 0 Å². The van der Waals surface area contributed by atoms with Crippen molar-refractivity contribution < 1.29 is 9.47 Å². The van der Waals surface area contributed by atoms with Gasteiger partial charge in [0.1, 0.15) is 0 Å². The molecule has 23 heavy (non-hydrogen) atoms. The van der Waals surface area contributed by atoms with E-state index in [-0.39, 0.29) is 6.04 Å². The van der Waals surface area contributed by atoms with Gasteiger partial charge in [-0.15, -0.1) is 0 Å². The predicted octanol–water partition coefficient (Wildman–Crippen LogP) is 5.47. The van der Waals surface area contributed by atoms with Crippen LogP contribution in [0.2, 0.25) is 0 Å². The monoisotopic (exact) mass is 441 g/mol. The van der Waals surface area contributed by atoms with Crippen LogP contribution in [0.4, 0.5) is 0 Å². The van der Waals surface area contributed by atoms with Crippen LogP contribution in [0, 0.1) is 0 Å². The molecule has 1 atom stereocenters. The topological polar surface area (TPSA) is 30.5 Å². The fourth-order valence-corrected chi connectivity index (χ4v) is 3.24. The number of ether oxygens (including phenoxy) is 2. The minimum absolute atomic E-state index is 0.263. The van der Waals surface area contributed by atoms with E-state index in [0.29, 0.717) is 6.61 Å². The zero-order valence-corrected chi connectivity index (χ0v) is 16.7. The van der Waals surface area contributed by atoms with Crippen LogP contribution in [-0.2, 0) is 6.54 Å². The fraction of sp³-hybridized carbons (Fsp3) is 0.333. The van der Waals surface area contributed by atoms with Gasteiger partial charge < -0.3 is 14.8 Å². The first-order chi connectivity index (χ1) is 11.0. The molecule has 0 aliphatic carbocycles. The average Bonchev–Trinajstić information content (AvgIpc) is 2.53. The number of rotatable bonds is 7. The molecule has 1 N–H and O–H groups in total. The summed E-state index contributed by atoms with van der Waals surface area (Å²) in [5.74, 6) is 1.49. The van der Waals surface area contributed by atoms with Gasteiger partial charge in [-0.2, -0.15) is 0 Å². The van der Waals surface area contributed by atoms with E-state index >= 15 is 0 Å². The average molecular weight is 443 g/mol. The highest BCUT2D eigenvalue weighted by atomic mass is 79.9. The van der Waals surface area contributed by atoms with Crippen LogP contribution in [0.5, 0.6) is 11.5 Å². The summed E-state index contributed by atoms with van der Waals surface area (Å²) >= 11 is 7.01. The number of nitrogens with one attached hydrogen (secondary N) is 1. The second-order valence-electron chi connectivity index (χ2n) is 5.20. The van der Waals surface area contributed by atoms with Crippen molar-refractivity contribution in [3.8, 4) is 11.5 Å². The molecule has 2 rings (SSSR count). The van der Waals surface area contributed by atoms with Crippen LogP contribution in [0.1, 0.15) is 31.0 Å². The van der Waals surface area contributed by atoms with E-state index in [2.05, 4.69) is 74.4 Å². The minimum atomic E-state index is 0.263. The molecule has 0 amide bonds. The van der Waals surface area contributed by atoms with Gasteiger partial charge in [0.05, 0.1) is 18.2 Å². The van der Waals surface area contributed by atoms with Gasteiger partial charge in [0.2, 0.25) is 0 Å². The van der Waals surface area contributed by atoms with Crippen molar-refractivity contribution in [1.29, 1.82) is 0 Å². The van der Waals surface area contributed by atoms with Crippen LogP contribution < -0.4 is 14.8 Å². The predicted molar refractivity (Wildman–Crippen MR) is 101 cm³/mol. The molecule has 0 unspecified atom stereocenters. The van der Waals surface area contributed by atoms with Crippen molar-refractivity contribution in [3.05, 3.63) is 56.5 Å². The van der Waals surface area contributed by atoms with E-state index in [1.165, 1.54) is 5.56 Å². The van der Waals surface area contributed by atoms with Gasteiger partial charge in [0.25, 0.3) is 0 Å². The Morgan fingerprint density at radius 1 is 1.13 bits per heavy atom. The van der Waals surface area contributed by atoms with Gasteiger partial charge in [-0.3, -0.25) is 0 Å². The molecular weight excluding hydrogens is 422 g/mol. The maximum absolute atomic E-state index is 5.67. The third-order valence-electron chi connectivity index (χ3n) is 3.56. The van der Waals surface area contributed by atoms with E-state index in [9.17, 15) is 0 Å². The van der Waals surface area contributed by atoms with Crippen LogP contribution in [0.15, 0.2) is 45.3 Å². The van der Waals surface area contributed by atoms with Crippen molar-refractivity contribution in [1.82, 2.24) is 5.32 Å². The zero-order valence-electron chi connectivity index (χ0n) is 13.5. The van der Waals surface area contributed by atoms with Gasteiger partial charge >= 0.3 is 0 Å². The minimum Gasteiger partial charge on any atom is -0.492 e. The SMILES string of the molecule is CCOc1cc(CN[C@H](C)c2ccc(Br)cc2)cc(Br)c1OC. The van der Waals surface area contributed by atoms with E-state index in [1.54, 1.807) is 7.11 Å². The van der Waals surface area contributed by atoms with Gasteiger partial charge in [0.15, 0.2) is 11.5 Å². The standard InChI is InChI=1S/C18H21Br2NO2/c1-4-23-17-10-13(9-16(20)18(17)22-3)11-21-12(2)14-5-7-15(19)8-6-14/h5-10,12,21H,4,11H2,1-3H3/t12-/m1/s1.